The van der Waals surface area contributed by atoms with Gasteiger partial charge in [-0.05, 0) is 25.0 Å². The molecule has 140 valence electrons. The number of rotatable bonds is 3. The van der Waals surface area contributed by atoms with Crippen LogP contribution in [0.25, 0.3) is 10.9 Å². The van der Waals surface area contributed by atoms with Gasteiger partial charge in [0.2, 0.25) is 5.88 Å². The molecular weight excluding hydrogens is 539 g/mol. The van der Waals surface area contributed by atoms with Crippen LogP contribution in [0, 0.1) is 6.07 Å². The number of pyridine rings is 1. The third kappa shape index (κ3) is 3.63. The van der Waals surface area contributed by atoms with Gasteiger partial charge >= 0.3 is 0 Å². The van der Waals surface area contributed by atoms with E-state index in [1.54, 1.807) is 18.2 Å². The van der Waals surface area contributed by atoms with Crippen LogP contribution in [0.4, 0.5) is 0 Å². The summed E-state index contributed by atoms with van der Waals surface area (Å²) >= 11 is 1.87. The van der Waals surface area contributed by atoms with Crippen molar-refractivity contribution in [3.8, 4) is 17.4 Å². The van der Waals surface area contributed by atoms with E-state index in [2.05, 4.69) is 11.1 Å². The summed E-state index contributed by atoms with van der Waals surface area (Å²) < 4.78 is 5.89. The van der Waals surface area contributed by atoms with Crippen molar-refractivity contribution in [3.63, 3.8) is 0 Å². The summed E-state index contributed by atoms with van der Waals surface area (Å²) in [5.41, 5.74) is 1.51. The third-order valence-corrected chi connectivity index (χ3v) is 6.25. The van der Waals surface area contributed by atoms with E-state index >= 15 is 0 Å². The van der Waals surface area contributed by atoms with Crippen molar-refractivity contribution in [2.75, 3.05) is 0 Å². The Kier molecular flexibility index (Phi) is 5.25. The van der Waals surface area contributed by atoms with Gasteiger partial charge in [0.25, 0.3) is 0 Å². The summed E-state index contributed by atoms with van der Waals surface area (Å²) in [5.74, 6) is 1.18. The van der Waals surface area contributed by atoms with Crippen molar-refractivity contribution in [2.45, 2.75) is 30.6 Å². The molecule has 0 radical (unpaired) electrons. The fourth-order valence-corrected chi connectivity index (χ4v) is 4.93. The molecule has 0 amide bonds. The van der Waals surface area contributed by atoms with Crippen LogP contribution in [0.1, 0.15) is 24.8 Å². The molecule has 1 aromatic heterocycles. The summed E-state index contributed by atoms with van der Waals surface area (Å²) in [6.45, 7) is 0. The maximum Gasteiger partial charge on any atom is 0.217 e. The van der Waals surface area contributed by atoms with Crippen molar-refractivity contribution in [2.24, 2.45) is 4.99 Å². The molecule has 2 heterocycles. The van der Waals surface area contributed by atoms with Gasteiger partial charge in [-0.2, -0.15) is 11.8 Å². The van der Waals surface area contributed by atoms with E-state index in [0.29, 0.717) is 28.4 Å². The van der Waals surface area contributed by atoms with Crippen LogP contribution in [0.15, 0.2) is 53.5 Å². The van der Waals surface area contributed by atoms with Crippen LogP contribution >= 0.6 is 11.8 Å². The number of benzene rings is 2. The third-order valence-electron chi connectivity index (χ3n) is 4.85. The molecule has 3 aromatic rings. The Bertz CT molecular complexity index is 1020. The zero-order valence-corrected chi connectivity index (χ0v) is 17.5. The normalized spacial score (nSPS) is 20.8. The average molecular weight is 557 g/mol. The number of aromatic nitrogens is 1. The number of aliphatic imine (C=N–C) groups is 1. The van der Waals surface area contributed by atoms with E-state index in [1.165, 1.54) is 19.3 Å². The molecule has 1 saturated carbocycles. The number of aromatic hydroxyl groups is 1. The van der Waals surface area contributed by atoms with E-state index in [-0.39, 0.29) is 26.8 Å². The summed E-state index contributed by atoms with van der Waals surface area (Å²) in [6, 6.07) is 18.6. The Balaban J connectivity index is 0.00000180. The molecule has 1 aliphatic heterocycles. The van der Waals surface area contributed by atoms with E-state index in [4.69, 9.17) is 9.73 Å². The molecule has 2 aliphatic rings. The first-order valence-corrected chi connectivity index (χ1v) is 9.68. The smallest absolute Gasteiger partial charge is 0.217 e. The Hall–Kier alpha value is -1.84. The number of fused-ring (bicyclic) bond motifs is 2. The van der Waals surface area contributed by atoms with Gasteiger partial charge < -0.3 is 14.8 Å². The number of hydrogen-bond acceptors (Lipinski definition) is 5. The van der Waals surface area contributed by atoms with Crippen LogP contribution in [-0.2, 0) is 21.1 Å². The van der Waals surface area contributed by atoms with Crippen LogP contribution in [0.2, 0.25) is 0 Å². The molecular formula is C21H17N2O2PtS-. The minimum atomic E-state index is 0. The van der Waals surface area contributed by atoms with Crippen LogP contribution in [0.3, 0.4) is 0 Å². The summed E-state index contributed by atoms with van der Waals surface area (Å²) in [6.07, 6.45) is 3.73. The molecule has 0 unspecified atom stereocenters. The molecule has 1 aliphatic carbocycles. The van der Waals surface area contributed by atoms with E-state index < -0.39 is 0 Å². The largest absolute Gasteiger partial charge is 0.506 e. The summed E-state index contributed by atoms with van der Waals surface area (Å²) in [5, 5.41) is 12.6. The SMILES string of the molecule is Oc1cccc2ccc(Oc3[c-]c(C4=N[C@H]5CCC[C@H]5S4)ccc3)nc12.[Pt]. The Labute approximate surface area is 176 Å². The van der Waals surface area contributed by atoms with Crippen LogP contribution in [0.5, 0.6) is 17.4 Å². The number of hydrogen-bond donors (Lipinski definition) is 1. The maximum absolute atomic E-state index is 9.98. The molecule has 5 rings (SSSR count). The molecule has 0 bridgehead atoms. The van der Waals surface area contributed by atoms with Crippen molar-refractivity contribution in [1.29, 1.82) is 0 Å². The number of ether oxygens (including phenoxy) is 1. The molecule has 6 heteroatoms. The van der Waals surface area contributed by atoms with Gasteiger partial charge in [0, 0.05) is 48.6 Å². The van der Waals surface area contributed by atoms with Gasteiger partial charge in [-0.1, -0.05) is 24.6 Å². The standard InChI is InChI=1S/C21H17N2O2S.Pt/c24-17-8-2-4-13-10-11-19(23-20(13)17)25-15-6-1-5-14(12-15)21-22-16-7-3-9-18(16)26-21;/h1-2,4-6,8,10-11,16,18,24H,3,7,9H2;/q-1;/t16-,18+;/m0./s1. The Morgan fingerprint density at radius 3 is 2.85 bits per heavy atom. The first-order chi connectivity index (χ1) is 12.8. The second kappa shape index (κ2) is 7.65. The minimum absolute atomic E-state index is 0. The fraction of sp³-hybridized carbons (Fsp3) is 0.238. The predicted octanol–water partition coefficient (Wildman–Crippen LogP) is 4.94. The van der Waals surface area contributed by atoms with Gasteiger partial charge in [0.15, 0.2) is 0 Å². The van der Waals surface area contributed by atoms with Gasteiger partial charge in [-0.3, -0.25) is 0 Å². The van der Waals surface area contributed by atoms with Crippen molar-refractivity contribution in [1.82, 2.24) is 4.98 Å². The molecule has 0 saturated heterocycles. The minimum Gasteiger partial charge on any atom is -0.506 e. The molecule has 27 heavy (non-hydrogen) atoms. The van der Waals surface area contributed by atoms with E-state index in [0.717, 1.165) is 16.0 Å². The van der Waals surface area contributed by atoms with Gasteiger partial charge in [-0.15, -0.1) is 23.8 Å². The number of phenolic OH excluding ortho intramolecular Hbond substituents is 1. The summed E-state index contributed by atoms with van der Waals surface area (Å²) in [7, 11) is 0. The topological polar surface area (TPSA) is 54.7 Å². The van der Waals surface area contributed by atoms with Crippen molar-refractivity contribution < 1.29 is 30.9 Å². The second-order valence-electron chi connectivity index (χ2n) is 6.62. The average Bonchev–Trinajstić information content (AvgIpc) is 3.25. The van der Waals surface area contributed by atoms with E-state index in [1.807, 2.05) is 42.1 Å². The van der Waals surface area contributed by atoms with Gasteiger partial charge in [0.05, 0.1) is 6.04 Å². The number of thioether (sulfide) groups is 1. The van der Waals surface area contributed by atoms with Gasteiger partial charge in [-0.25, -0.2) is 4.98 Å². The first kappa shape index (κ1) is 18.5. The predicted molar refractivity (Wildman–Crippen MR) is 104 cm³/mol. The van der Waals surface area contributed by atoms with Crippen LogP contribution < -0.4 is 4.74 Å². The number of para-hydroxylation sites is 1. The Morgan fingerprint density at radius 1 is 1.07 bits per heavy atom. The molecule has 0 spiro atoms. The number of phenols is 1. The molecule has 4 nitrogen and oxygen atoms in total. The maximum atomic E-state index is 9.98. The van der Waals surface area contributed by atoms with E-state index in [9.17, 15) is 5.11 Å². The second-order valence-corrected chi connectivity index (χ2v) is 7.85. The zero-order valence-electron chi connectivity index (χ0n) is 14.4. The monoisotopic (exact) mass is 556 g/mol. The van der Waals surface area contributed by atoms with Crippen molar-refractivity contribution >= 4 is 27.7 Å². The summed E-state index contributed by atoms with van der Waals surface area (Å²) in [4.78, 5) is 9.28. The first-order valence-electron chi connectivity index (χ1n) is 8.80. The molecule has 1 fully saturated rings. The Morgan fingerprint density at radius 2 is 1.96 bits per heavy atom. The quantitative estimate of drug-likeness (QED) is 0.465. The molecule has 2 atom stereocenters. The van der Waals surface area contributed by atoms with Crippen molar-refractivity contribution in [3.05, 3.63) is 60.2 Å². The molecule has 2 aromatic carbocycles. The zero-order chi connectivity index (χ0) is 17.5. The molecule has 1 N–H and O–H groups in total. The fourth-order valence-electron chi connectivity index (χ4n) is 3.56. The van der Waals surface area contributed by atoms with Gasteiger partial charge in [0.1, 0.15) is 11.3 Å². The van der Waals surface area contributed by atoms with Crippen LogP contribution in [-0.4, -0.2) is 26.4 Å². The number of nitrogens with zero attached hydrogens (tertiary/aromatic N) is 2.